The number of benzene rings is 2. The quantitative estimate of drug-likeness (QED) is 0.598. The Bertz CT molecular complexity index is 976. The molecule has 2 N–H and O–H groups in total. The molecule has 0 fully saturated rings. The Morgan fingerprint density at radius 2 is 1.96 bits per heavy atom. The highest BCUT2D eigenvalue weighted by atomic mass is 15.1. The number of aromatic nitrogens is 4. The maximum Gasteiger partial charge on any atom is 0.145 e. The van der Waals surface area contributed by atoms with Crippen molar-refractivity contribution in [1.29, 1.82) is 0 Å². The Hall–Kier alpha value is -3.21. The van der Waals surface area contributed by atoms with Gasteiger partial charge < -0.3 is 5.32 Å². The lowest BCUT2D eigenvalue weighted by atomic mass is 10.1. The highest BCUT2D eigenvalue weighted by Gasteiger charge is 2.04. The molecule has 0 bridgehead atoms. The number of rotatable bonds is 4. The van der Waals surface area contributed by atoms with Gasteiger partial charge in [0.15, 0.2) is 0 Å². The van der Waals surface area contributed by atoms with Crippen LogP contribution in [0.5, 0.6) is 0 Å². The molecule has 0 aliphatic heterocycles. The van der Waals surface area contributed by atoms with Crippen molar-refractivity contribution in [2.24, 2.45) is 0 Å². The number of fused-ring (bicyclic) bond motifs is 1. The van der Waals surface area contributed by atoms with E-state index < -0.39 is 0 Å². The minimum atomic E-state index is 0.731. The normalized spacial score (nSPS) is 10.9. The Morgan fingerprint density at radius 3 is 2.79 bits per heavy atom. The first-order chi connectivity index (χ1) is 11.8. The summed E-state index contributed by atoms with van der Waals surface area (Å²) in [6, 6.07) is 14.5. The highest BCUT2D eigenvalue weighted by Crippen LogP contribution is 2.22. The second kappa shape index (κ2) is 6.12. The summed E-state index contributed by atoms with van der Waals surface area (Å²) < 4.78 is 0. The predicted octanol–water partition coefficient (Wildman–Crippen LogP) is 3.94. The first-order valence-electron chi connectivity index (χ1n) is 7.83. The largest absolute Gasteiger partial charge is 0.365 e. The molecule has 0 radical (unpaired) electrons. The summed E-state index contributed by atoms with van der Waals surface area (Å²) >= 11 is 0. The molecule has 24 heavy (non-hydrogen) atoms. The van der Waals surface area contributed by atoms with Crippen molar-refractivity contribution >= 4 is 16.9 Å². The van der Waals surface area contributed by atoms with Crippen molar-refractivity contribution in [3.05, 3.63) is 72.2 Å². The SMILES string of the molecule is Cc1cccc(CNc2cnc3cc(-c4cn[nH]c4)ccc3n2)c1. The van der Waals surface area contributed by atoms with Crippen LogP contribution in [0, 0.1) is 6.92 Å². The van der Waals surface area contributed by atoms with Gasteiger partial charge in [0.05, 0.1) is 23.4 Å². The molecule has 2 aromatic heterocycles. The van der Waals surface area contributed by atoms with Gasteiger partial charge in [-0.1, -0.05) is 35.9 Å². The number of aromatic amines is 1. The van der Waals surface area contributed by atoms with Crippen LogP contribution in [0.1, 0.15) is 11.1 Å². The van der Waals surface area contributed by atoms with Gasteiger partial charge in [-0.2, -0.15) is 5.10 Å². The molecular formula is C19H17N5. The zero-order valence-corrected chi connectivity index (χ0v) is 13.3. The number of anilines is 1. The molecule has 0 aliphatic rings. The fourth-order valence-electron chi connectivity index (χ4n) is 2.70. The molecule has 4 rings (SSSR count). The fourth-order valence-corrected chi connectivity index (χ4v) is 2.70. The van der Waals surface area contributed by atoms with Crippen molar-refractivity contribution in [3.63, 3.8) is 0 Å². The number of hydrogen-bond acceptors (Lipinski definition) is 4. The van der Waals surface area contributed by atoms with E-state index in [4.69, 9.17) is 0 Å². The van der Waals surface area contributed by atoms with Crippen molar-refractivity contribution in [3.8, 4) is 11.1 Å². The average Bonchev–Trinajstić information content (AvgIpc) is 3.14. The molecule has 0 amide bonds. The molecule has 0 spiro atoms. The van der Waals surface area contributed by atoms with Crippen molar-refractivity contribution in [1.82, 2.24) is 20.2 Å². The van der Waals surface area contributed by atoms with Crippen molar-refractivity contribution < 1.29 is 0 Å². The molecule has 0 aliphatic carbocycles. The molecule has 0 unspecified atom stereocenters. The van der Waals surface area contributed by atoms with Gasteiger partial charge in [0.2, 0.25) is 0 Å². The van der Waals surface area contributed by atoms with Gasteiger partial charge in [0.1, 0.15) is 5.82 Å². The third-order valence-electron chi connectivity index (χ3n) is 3.93. The van der Waals surface area contributed by atoms with Crippen molar-refractivity contribution in [2.75, 3.05) is 5.32 Å². The van der Waals surface area contributed by atoms with Crippen LogP contribution in [-0.2, 0) is 6.54 Å². The molecule has 2 aromatic carbocycles. The predicted molar refractivity (Wildman–Crippen MR) is 95.6 cm³/mol. The topological polar surface area (TPSA) is 66.5 Å². The first-order valence-corrected chi connectivity index (χ1v) is 7.83. The maximum absolute atomic E-state index is 4.64. The molecule has 0 atom stereocenters. The van der Waals surface area contributed by atoms with Gasteiger partial charge in [-0.15, -0.1) is 0 Å². The van der Waals surface area contributed by atoms with Gasteiger partial charge >= 0.3 is 0 Å². The summed E-state index contributed by atoms with van der Waals surface area (Å²) in [4.78, 5) is 9.16. The van der Waals surface area contributed by atoms with E-state index in [1.165, 1.54) is 11.1 Å². The standard InChI is InChI=1S/C19H17N5/c1-13-3-2-4-14(7-13)9-21-19-12-20-18-8-15(5-6-17(18)24-19)16-10-22-23-11-16/h2-8,10-12H,9H2,1H3,(H,21,24)(H,22,23). The van der Waals surface area contributed by atoms with Crippen LogP contribution in [-0.4, -0.2) is 20.2 Å². The van der Waals surface area contributed by atoms with Crippen LogP contribution in [0.25, 0.3) is 22.2 Å². The maximum atomic E-state index is 4.64. The Morgan fingerprint density at radius 1 is 1.00 bits per heavy atom. The number of nitrogens with one attached hydrogen (secondary N) is 2. The highest BCUT2D eigenvalue weighted by molar-refractivity contribution is 5.81. The van der Waals surface area contributed by atoms with E-state index >= 15 is 0 Å². The van der Waals surface area contributed by atoms with E-state index in [2.05, 4.69) is 56.7 Å². The van der Waals surface area contributed by atoms with Crippen LogP contribution in [0.4, 0.5) is 5.82 Å². The van der Waals surface area contributed by atoms with Gasteiger partial charge in [-0.05, 0) is 30.2 Å². The molecule has 0 saturated carbocycles. The zero-order chi connectivity index (χ0) is 16.4. The van der Waals surface area contributed by atoms with Crippen LogP contribution >= 0.6 is 0 Å². The third kappa shape index (κ3) is 2.96. The van der Waals surface area contributed by atoms with Gasteiger partial charge in [0, 0.05) is 18.3 Å². The van der Waals surface area contributed by atoms with Crippen LogP contribution in [0.15, 0.2) is 61.1 Å². The smallest absolute Gasteiger partial charge is 0.145 e. The van der Waals surface area contributed by atoms with E-state index in [-0.39, 0.29) is 0 Å². The lowest BCUT2D eigenvalue weighted by Crippen LogP contribution is -2.02. The Balaban J connectivity index is 1.56. The summed E-state index contributed by atoms with van der Waals surface area (Å²) in [7, 11) is 0. The summed E-state index contributed by atoms with van der Waals surface area (Å²) in [6.07, 6.45) is 5.44. The number of aryl methyl sites for hydroxylation is 1. The van der Waals surface area contributed by atoms with Gasteiger partial charge in [0.25, 0.3) is 0 Å². The molecule has 2 heterocycles. The summed E-state index contributed by atoms with van der Waals surface area (Å²) in [5.74, 6) is 0.778. The van der Waals surface area contributed by atoms with Crippen LogP contribution in [0.3, 0.4) is 0 Å². The zero-order valence-electron chi connectivity index (χ0n) is 13.3. The first kappa shape index (κ1) is 14.4. The lowest BCUT2D eigenvalue weighted by Gasteiger charge is -2.07. The van der Waals surface area contributed by atoms with E-state index in [0.717, 1.165) is 34.5 Å². The minimum Gasteiger partial charge on any atom is -0.365 e. The monoisotopic (exact) mass is 315 g/mol. The number of nitrogens with zero attached hydrogens (tertiary/aromatic N) is 3. The van der Waals surface area contributed by atoms with Crippen LogP contribution in [0.2, 0.25) is 0 Å². The Labute approximate surface area is 139 Å². The molecule has 5 nitrogen and oxygen atoms in total. The molecule has 118 valence electrons. The molecular weight excluding hydrogens is 298 g/mol. The minimum absolute atomic E-state index is 0.731. The van der Waals surface area contributed by atoms with Gasteiger partial charge in [-0.25, -0.2) is 4.98 Å². The average molecular weight is 315 g/mol. The van der Waals surface area contributed by atoms with E-state index in [9.17, 15) is 0 Å². The van der Waals surface area contributed by atoms with Crippen molar-refractivity contribution in [2.45, 2.75) is 13.5 Å². The second-order valence-electron chi connectivity index (χ2n) is 5.79. The summed E-state index contributed by atoms with van der Waals surface area (Å²) in [5, 5.41) is 10.1. The second-order valence-corrected chi connectivity index (χ2v) is 5.79. The summed E-state index contributed by atoms with van der Waals surface area (Å²) in [6.45, 7) is 2.83. The lowest BCUT2D eigenvalue weighted by molar-refractivity contribution is 1.09. The number of hydrogen-bond donors (Lipinski definition) is 2. The molecule has 0 saturated heterocycles. The Kier molecular flexibility index (Phi) is 3.67. The van der Waals surface area contributed by atoms with Gasteiger partial charge in [-0.3, -0.25) is 10.1 Å². The fraction of sp³-hybridized carbons (Fsp3) is 0.105. The number of H-pyrrole nitrogens is 1. The van der Waals surface area contributed by atoms with E-state index in [0.29, 0.717) is 0 Å². The third-order valence-corrected chi connectivity index (χ3v) is 3.93. The molecule has 4 aromatic rings. The molecule has 5 heteroatoms. The van der Waals surface area contributed by atoms with E-state index in [1.54, 1.807) is 12.4 Å². The summed E-state index contributed by atoms with van der Waals surface area (Å²) in [5.41, 5.74) is 6.34. The van der Waals surface area contributed by atoms with E-state index in [1.807, 2.05) is 24.4 Å². The van der Waals surface area contributed by atoms with Crippen LogP contribution < -0.4 is 5.32 Å².